The topological polar surface area (TPSA) is 78.0 Å². The zero-order valence-electron chi connectivity index (χ0n) is 17.2. The third-order valence-corrected chi connectivity index (χ3v) is 6.72. The van der Waals surface area contributed by atoms with Gasteiger partial charge in [0.1, 0.15) is 5.82 Å². The van der Waals surface area contributed by atoms with Crippen molar-refractivity contribution in [2.45, 2.75) is 0 Å². The molecule has 1 fully saturated rings. The van der Waals surface area contributed by atoms with E-state index in [2.05, 4.69) is 20.9 Å². The van der Waals surface area contributed by atoms with E-state index in [9.17, 15) is 4.79 Å². The predicted octanol–water partition coefficient (Wildman–Crippen LogP) is 4.20. The molecule has 6 rings (SSSR count). The van der Waals surface area contributed by atoms with E-state index < -0.39 is 0 Å². The van der Waals surface area contributed by atoms with Crippen LogP contribution in [0.15, 0.2) is 66.3 Å². The maximum Gasteiger partial charge on any atom is 0.254 e. The molecule has 0 spiro atoms. The summed E-state index contributed by atoms with van der Waals surface area (Å²) in [5.41, 5.74) is 3.36. The van der Waals surface area contributed by atoms with Crippen LogP contribution in [0.3, 0.4) is 0 Å². The summed E-state index contributed by atoms with van der Waals surface area (Å²) in [7, 11) is 0. The number of nitrogens with one attached hydrogen (secondary N) is 1. The van der Waals surface area contributed by atoms with E-state index in [1.54, 1.807) is 17.7 Å². The fourth-order valence-corrected chi connectivity index (χ4v) is 4.85. The first-order valence-corrected chi connectivity index (χ1v) is 11.4. The SMILES string of the molecule is O=C(c1ccc2nc[nH]c2c1)N1CCN(c2nc(-c3cccs3)nc3ccccc23)CC1. The molecule has 0 bridgehead atoms. The van der Waals surface area contributed by atoms with Gasteiger partial charge in [0.15, 0.2) is 5.82 Å². The third kappa shape index (κ3) is 3.29. The molecule has 0 unspecified atom stereocenters. The first kappa shape index (κ1) is 18.9. The molecular formula is C24H20N6OS. The molecule has 1 amide bonds. The fraction of sp³-hybridized carbons (Fsp3) is 0.167. The van der Waals surface area contributed by atoms with E-state index in [0.717, 1.165) is 51.5 Å². The number of hydrogen-bond acceptors (Lipinski definition) is 6. The number of imidazole rings is 1. The Balaban J connectivity index is 1.26. The van der Waals surface area contributed by atoms with Gasteiger partial charge in [0, 0.05) is 37.1 Å². The number of nitrogens with zero attached hydrogens (tertiary/aromatic N) is 5. The highest BCUT2D eigenvalue weighted by molar-refractivity contribution is 7.13. The minimum atomic E-state index is 0.0490. The Bertz CT molecular complexity index is 1420. The monoisotopic (exact) mass is 440 g/mol. The molecule has 3 aromatic heterocycles. The van der Waals surface area contributed by atoms with Gasteiger partial charge in [0.2, 0.25) is 0 Å². The van der Waals surface area contributed by atoms with Gasteiger partial charge in [0.05, 0.1) is 27.8 Å². The van der Waals surface area contributed by atoms with Crippen molar-refractivity contribution < 1.29 is 4.79 Å². The molecule has 0 saturated carbocycles. The number of benzene rings is 2. The lowest BCUT2D eigenvalue weighted by atomic mass is 10.1. The fourth-order valence-electron chi connectivity index (χ4n) is 4.19. The lowest BCUT2D eigenvalue weighted by molar-refractivity contribution is 0.0747. The number of para-hydroxylation sites is 1. The second-order valence-electron chi connectivity index (χ2n) is 7.78. The van der Waals surface area contributed by atoms with Crippen LogP contribution in [0.4, 0.5) is 5.82 Å². The van der Waals surface area contributed by atoms with Crippen LogP contribution >= 0.6 is 11.3 Å². The summed E-state index contributed by atoms with van der Waals surface area (Å²) in [6.07, 6.45) is 1.65. The second kappa shape index (κ2) is 7.72. The molecule has 1 aliphatic heterocycles. The maximum absolute atomic E-state index is 13.1. The van der Waals surface area contributed by atoms with E-state index in [4.69, 9.17) is 9.97 Å². The van der Waals surface area contributed by atoms with Gasteiger partial charge in [-0.15, -0.1) is 11.3 Å². The third-order valence-electron chi connectivity index (χ3n) is 5.86. The number of aromatic nitrogens is 4. The van der Waals surface area contributed by atoms with Crippen molar-refractivity contribution in [1.29, 1.82) is 0 Å². The van der Waals surface area contributed by atoms with Crippen LogP contribution in [0.25, 0.3) is 32.6 Å². The summed E-state index contributed by atoms with van der Waals surface area (Å²) >= 11 is 1.64. The Kier molecular flexibility index (Phi) is 4.57. The van der Waals surface area contributed by atoms with E-state index in [1.165, 1.54) is 0 Å². The van der Waals surface area contributed by atoms with Gasteiger partial charge >= 0.3 is 0 Å². The summed E-state index contributed by atoms with van der Waals surface area (Å²) in [5, 5.41) is 3.08. The Morgan fingerprint density at radius 2 is 1.81 bits per heavy atom. The first-order valence-electron chi connectivity index (χ1n) is 10.5. The van der Waals surface area contributed by atoms with E-state index in [-0.39, 0.29) is 5.91 Å². The number of carbonyl (C=O) groups is 1. The molecule has 158 valence electrons. The minimum Gasteiger partial charge on any atom is -0.352 e. The second-order valence-corrected chi connectivity index (χ2v) is 8.73. The summed E-state index contributed by atoms with van der Waals surface area (Å²) < 4.78 is 0. The quantitative estimate of drug-likeness (QED) is 0.455. The molecule has 7 nitrogen and oxygen atoms in total. The number of piperazine rings is 1. The van der Waals surface area contributed by atoms with Crippen LogP contribution < -0.4 is 4.90 Å². The average molecular weight is 441 g/mol. The lowest BCUT2D eigenvalue weighted by Gasteiger charge is -2.36. The van der Waals surface area contributed by atoms with Crippen molar-refractivity contribution >= 4 is 45.0 Å². The Labute approximate surface area is 188 Å². The highest BCUT2D eigenvalue weighted by Gasteiger charge is 2.25. The van der Waals surface area contributed by atoms with E-state index >= 15 is 0 Å². The van der Waals surface area contributed by atoms with Gasteiger partial charge in [-0.2, -0.15) is 0 Å². The highest BCUT2D eigenvalue weighted by Crippen LogP contribution is 2.30. The summed E-state index contributed by atoms with van der Waals surface area (Å²) in [4.78, 5) is 35.3. The van der Waals surface area contributed by atoms with E-state index in [1.807, 2.05) is 58.8 Å². The van der Waals surface area contributed by atoms with Crippen LogP contribution in [0, 0.1) is 0 Å². The minimum absolute atomic E-state index is 0.0490. The number of fused-ring (bicyclic) bond motifs is 2. The molecule has 0 aliphatic carbocycles. The zero-order valence-corrected chi connectivity index (χ0v) is 18.0. The molecule has 0 radical (unpaired) electrons. The van der Waals surface area contributed by atoms with Crippen molar-refractivity contribution in [3.8, 4) is 10.7 Å². The molecule has 32 heavy (non-hydrogen) atoms. The molecule has 4 heterocycles. The van der Waals surface area contributed by atoms with Crippen molar-refractivity contribution in [3.63, 3.8) is 0 Å². The number of carbonyl (C=O) groups excluding carboxylic acids is 1. The van der Waals surface area contributed by atoms with Crippen LogP contribution in [-0.2, 0) is 0 Å². The number of amides is 1. The number of thiophene rings is 1. The molecule has 1 saturated heterocycles. The van der Waals surface area contributed by atoms with E-state index in [0.29, 0.717) is 18.7 Å². The molecule has 2 aromatic carbocycles. The normalized spacial score (nSPS) is 14.4. The zero-order chi connectivity index (χ0) is 21.5. The Morgan fingerprint density at radius 3 is 2.66 bits per heavy atom. The molecular weight excluding hydrogens is 420 g/mol. The number of rotatable bonds is 3. The first-order chi connectivity index (χ1) is 15.8. The van der Waals surface area contributed by atoms with Gasteiger partial charge in [0.25, 0.3) is 5.91 Å². The molecule has 1 N–H and O–H groups in total. The number of aromatic amines is 1. The standard InChI is InChI=1S/C24H20N6OS/c31-24(16-7-8-19-20(14-16)26-15-25-19)30-11-9-29(10-12-30)23-17-4-1-2-5-18(17)27-22(28-23)21-6-3-13-32-21/h1-8,13-15H,9-12H2,(H,25,26). The van der Waals surface area contributed by atoms with Gasteiger partial charge in [-0.25, -0.2) is 15.0 Å². The molecule has 1 aliphatic rings. The number of anilines is 1. The number of H-pyrrole nitrogens is 1. The van der Waals surface area contributed by atoms with Crippen LogP contribution in [0.1, 0.15) is 10.4 Å². The van der Waals surface area contributed by atoms with Gasteiger partial charge < -0.3 is 14.8 Å². The van der Waals surface area contributed by atoms with Gasteiger partial charge in [-0.3, -0.25) is 4.79 Å². The highest BCUT2D eigenvalue weighted by atomic mass is 32.1. The van der Waals surface area contributed by atoms with Crippen LogP contribution in [-0.4, -0.2) is 56.9 Å². The summed E-state index contributed by atoms with van der Waals surface area (Å²) in [6, 6.07) is 17.8. The van der Waals surface area contributed by atoms with Gasteiger partial charge in [-0.1, -0.05) is 18.2 Å². The largest absolute Gasteiger partial charge is 0.352 e. The Morgan fingerprint density at radius 1 is 0.938 bits per heavy atom. The van der Waals surface area contributed by atoms with Crippen LogP contribution in [0.5, 0.6) is 0 Å². The molecule has 0 atom stereocenters. The van der Waals surface area contributed by atoms with Crippen molar-refractivity contribution in [2.24, 2.45) is 0 Å². The van der Waals surface area contributed by atoms with Crippen molar-refractivity contribution in [2.75, 3.05) is 31.1 Å². The maximum atomic E-state index is 13.1. The molecule has 5 aromatic rings. The number of hydrogen-bond donors (Lipinski definition) is 1. The smallest absolute Gasteiger partial charge is 0.254 e. The molecule has 8 heteroatoms. The lowest BCUT2D eigenvalue weighted by Crippen LogP contribution is -2.49. The van der Waals surface area contributed by atoms with Crippen molar-refractivity contribution in [3.05, 3.63) is 71.9 Å². The summed E-state index contributed by atoms with van der Waals surface area (Å²) in [5.74, 6) is 1.73. The van der Waals surface area contributed by atoms with Crippen LogP contribution in [0.2, 0.25) is 0 Å². The van der Waals surface area contributed by atoms with Crippen molar-refractivity contribution in [1.82, 2.24) is 24.8 Å². The predicted molar refractivity (Wildman–Crippen MR) is 127 cm³/mol. The average Bonchev–Trinajstić information content (AvgIpc) is 3.55. The Hall–Kier alpha value is -3.78. The summed E-state index contributed by atoms with van der Waals surface area (Å²) in [6.45, 7) is 2.74. The van der Waals surface area contributed by atoms with Gasteiger partial charge in [-0.05, 0) is 41.8 Å².